The van der Waals surface area contributed by atoms with Crippen LogP contribution in [0.2, 0.25) is 5.02 Å². The molecule has 1 amide bonds. The van der Waals surface area contributed by atoms with E-state index in [1.54, 1.807) is 25.3 Å². The molecule has 1 fully saturated rings. The molecule has 1 saturated heterocycles. The maximum atomic E-state index is 14.1. The van der Waals surface area contributed by atoms with Gasteiger partial charge in [0, 0.05) is 36.8 Å². The van der Waals surface area contributed by atoms with Gasteiger partial charge in [-0.2, -0.15) is 4.99 Å². The number of aliphatic imine (C=N–C) groups is 1. The summed E-state index contributed by atoms with van der Waals surface area (Å²) in [7, 11) is 1.58. The standard InChI is InChI=1S/C28H25ClFN3O3S/c1-35-25-16-19(10-11-24(25)36-18-20-6-2-3-7-21(20)29)17-26-27(34)31-28(37-26)33-14-12-32(13-15-33)23-9-5-4-8-22(23)30/h2-11,16-17H,12-15,18H2,1H3. The van der Waals surface area contributed by atoms with Crippen LogP contribution in [-0.2, 0) is 11.4 Å². The first-order valence-corrected chi connectivity index (χ1v) is 13.0. The number of halogens is 2. The number of carbonyl (C=O) groups excluding carboxylic acids is 1. The van der Waals surface area contributed by atoms with Crippen LogP contribution in [0.25, 0.3) is 6.08 Å². The van der Waals surface area contributed by atoms with E-state index < -0.39 is 0 Å². The lowest BCUT2D eigenvalue weighted by Crippen LogP contribution is -2.48. The number of ether oxygens (including phenoxy) is 2. The number of carbonyl (C=O) groups is 1. The average Bonchev–Trinajstić information content (AvgIpc) is 3.28. The molecule has 0 bridgehead atoms. The number of hydrogen-bond acceptors (Lipinski definition) is 6. The van der Waals surface area contributed by atoms with Crippen LogP contribution in [0.1, 0.15) is 11.1 Å². The maximum absolute atomic E-state index is 14.1. The van der Waals surface area contributed by atoms with E-state index in [9.17, 15) is 9.18 Å². The molecule has 0 unspecified atom stereocenters. The molecule has 0 atom stereocenters. The minimum atomic E-state index is -0.269. The van der Waals surface area contributed by atoms with Crippen molar-refractivity contribution in [2.75, 3.05) is 38.2 Å². The highest BCUT2D eigenvalue weighted by Gasteiger charge is 2.29. The van der Waals surface area contributed by atoms with Crippen molar-refractivity contribution in [1.82, 2.24) is 4.90 Å². The zero-order chi connectivity index (χ0) is 25.8. The Morgan fingerprint density at radius 2 is 1.73 bits per heavy atom. The van der Waals surface area contributed by atoms with Crippen LogP contribution in [-0.4, -0.2) is 49.3 Å². The summed E-state index contributed by atoms with van der Waals surface area (Å²) in [6, 6.07) is 19.8. The van der Waals surface area contributed by atoms with Crippen LogP contribution in [0.5, 0.6) is 11.5 Å². The van der Waals surface area contributed by atoms with Gasteiger partial charge in [-0.15, -0.1) is 0 Å². The molecule has 0 N–H and O–H groups in total. The topological polar surface area (TPSA) is 54.4 Å². The molecule has 0 radical (unpaired) electrons. The van der Waals surface area contributed by atoms with Crippen molar-refractivity contribution in [2.24, 2.45) is 4.99 Å². The first-order valence-electron chi connectivity index (χ1n) is 11.8. The summed E-state index contributed by atoms with van der Waals surface area (Å²) in [6.45, 7) is 2.94. The zero-order valence-corrected chi connectivity index (χ0v) is 21.8. The molecule has 0 spiro atoms. The fourth-order valence-electron chi connectivity index (χ4n) is 4.20. The summed E-state index contributed by atoms with van der Waals surface area (Å²) in [5.41, 5.74) is 2.29. The van der Waals surface area contributed by atoms with Gasteiger partial charge in [-0.25, -0.2) is 4.39 Å². The molecule has 9 heteroatoms. The van der Waals surface area contributed by atoms with Crippen molar-refractivity contribution in [3.63, 3.8) is 0 Å². The fourth-order valence-corrected chi connectivity index (χ4v) is 5.35. The molecule has 37 heavy (non-hydrogen) atoms. The third-order valence-corrected chi connectivity index (χ3v) is 7.59. The second-order valence-corrected chi connectivity index (χ2v) is 9.94. The highest BCUT2D eigenvalue weighted by atomic mass is 35.5. The van der Waals surface area contributed by atoms with Crippen molar-refractivity contribution in [3.8, 4) is 11.5 Å². The lowest BCUT2D eigenvalue weighted by atomic mass is 10.2. The van der Waals surface area contributed by atoms with Gasteiger partial charge >= 0.3 is 0 Å². The van der Waals surface area contributed by atoms with E-state index in [2.05, 4.69) is 9.89 Å². The molecule has 2 heterocycles. The monoisotopic (exact) mass is 537 g/mol. The number of amidine groups is 1. The van der Waals surface area contributed by atoms with E-state index in [4.69, 9.17) is 21.1 Å². The van der Waals surface area contributed by atoms with Gasteiger partial charge in [-0.3, -0.25) is 4.79 Å². The summed E-state index contributed by atoms with van der Waals surface area (Å²) in [6.07, 6.45) is 1.81. The number of amides is 1. The number of benzene rings is 3. The van der Waals surface area contributed by atoms with E-state index in [0.717, 1.165) is 11.1 Å². The van der Waals surface area contributed by atoms with E-state index >= 15 is 0 Å². The summed E-state index contributed by atoms with van der Waals surface area (Å²) in [4.78, 5) is 21.6. The second kappa shape index (κ2) is 11.3. The van der Waals surface area contributed by atoms with Crippen molar-refractivity contribution in [3.05, 3.63) is 93.6 Å². The smallest absolute Gasteiger partial charge is 0.286 e. The van der Waals surface area contributed by atoms with Gasteiger partial charge in [0.25, 0.3) is 5.91 Å². The Kier molecular flexibility index (Phi) is 7.67. The van der Waals surface area contributed by atoms with Crippen LogP contribution in [0.3, 0.4) is 0 Å². The largest absolute Gasteiger partial charge is 0.493 e. The summed E-state index contributed by atoms with van der Waals surface area (Å²) in [5, 5.41) is 1.32. The minimum Gasteiger partial charge on any atom is -0.493 e. The molecule has 2 aliphatic heterocycles. The molecular weight excluding hydrogens is 513 g/mol. The van der Waals surface area contributed by atoms with Gasteiger partial charge in [-0.1, -0.05) is 48.0 Å². The van der Waals surface area contributed by atoms with Crippen LogP contribution < -0.4 is 14.4 Å². The highest BCUT2D eigenvalue weighted by molar-refractivity contribution is 8.18. The number of anilines is 1. The average molecular weight is 538 g/mol. The van der Waals surface area contributed by atoms with Gasteiger partial charge < -0.3 is 19.3 Å². The number of methoxy groups -OCH3 is 1. The van der Waals surface area contributed by atoms with Crippen LogP contribution in [0.4, 0.5) is 10.1 Å². The van der Waals surface area contributed by atoms with E-state index in [0.29, 0.717) is 65.1 Å². The number of piperazine rings is 1. The predicted molar refractivity (Wildman–Crippen MR) is 147 cm³/mol. The van der Waals surface area contributed by atoms with Gasteiger partial charge in [0.1, 0.15) is 12.4 Å². The Morgan fingerprint density at radius 3 is 2.49 bits per heavy atom. The van der Waals surface area contributed by atoms with Crippen molar-refractivity contribution >= 4 is 46.2 Å². The zero-order valence-electron chi connectivity index (χ0n) is 20.2. The predicted octanol–water partition coefficient (Wildman–Crippen LogP) is 5.86. The number of para-hydroxylation sites is 1. The van der Waals surface area contributed by atoms with Crippen LogP contribution in [0.15, 0.2) is 76.6 Å². The van der Waals surface area contributed by atoms with E-state index in [-0.39, 0.29) is 11.7 Å². The number of thioether (sulfide) groups is 1. The fraction of sp³-hybridized carbons (Fsp3) is 0.214. The third-order valence-electron chi connectivity index (χ3n) is 6.18. The quantitative estimate of drug-likeness (QED) is 0.367. The molecule has 5 rings (SSSR count). The van der Waals surface area contributed by atoms with Gasteiger partial charge in [0.15, 0.2) is 16.7 Å². The molecule has 3 aromatic carbocycles. The molecule has 0 aliphatic carbocycles. The molecule has 0 aromatic heterocycles. The highest BCUT2D eigenvalue weighted by Crippen LogP contribution is 2.34. The van der Waals surface area contributed by atoms with Gasteiger partial charge in [-0.05, 0) is 53.7 Å². The summed E-state index contributed by atoms with van der Waals surface area (Å²) < 4.78 is 25.6. The molecular formula is C28H25ClFN3O3S. The summed E-state index contributed by atoms with van der Waals surface area (Å²) in [5.74, 6) is 0.649. The normalized spacial score (nSPS) is 16.8. The lowest BCUT2D eigenvalue weighted by Gasteiger charge is -2.36. The first-order chi connectivity index (χ1) is 18.0. The van der Waals surface area contributed by atoms with E-state index in [1.165, 1.54) is 17.8 Å². The molecule has 190 valence electrons. The molecule has 6 nitrogen and oxygen atoms in total. The maximum Gasteiger partial charge on any atom is 0.286 e. The number of nitrogens with zero attached hydrogens (tertiary/aromatic N) is 3. The summed E-state index contributed by atoms with van der Waals surface area (Å²) >= 11 is 7.58. The Bertz CT molecular complexity index is 1370. The lowest BCUT2D eigenvalue weighted by molar-refractivity contribution is -0.113. The Labute approximate surface area is 224 Å². The van der Waals surface area contributed by atoms with Gasteiger partial charge in [0.05, 0.1) is 17.7 Å². The Hall–Kier alpha value is -3.49. The van der Waals surface area contributed by atoms with Crippen molar-refractivity contribution < 1.29 is 18.7 Å². The Balaban J connectivity index is 1.22. The first kappa shape index (κ1) is 25.2. The molecule has 3 aromatic rings. The van der Waals surface area contributed by atoms with Crippen LogP contribution in [0, 0.1) is 5.82 Å². The SMILES string of the molecule is COc1cc(C=C2SC(N3CCN(c4ccccc4F)CC3)=NC2=O)ccc1OCc1ccccc1Cl. The van der Waals surface area contributed by atoms with Gasteiger partial charge in [0.2, 0.25) is 0 Å². The van der Waals surface area contributed by atoms with Crippen molar-refractivity contribution in [1.29, 1.82) is 0 Å². The number of rotatable bonds is 6. The Morgan fingerprint density at radius 1 is 1.00 bits per heavy atom. The van der Waals surface area contributed by atoms with Crippen molar-refractivity contribution in [2.45, 2.75) is 6.61 Å². The third kappa shape index (κ3) is 5.76. The molecule has 2 aliphatic rings. The van der Waals surface area contributed by atoms with Crippen LogP contribution >= 0.6 is 23.4 Å². The van der Waals surface area contributed by atoms with E-state index in [1.807, 2.05) is 53.4 Å². The molecule has 0 saturated carbocycles. The second-order valence-electron chi connectivity index (χ2n) is 8.53. The minimum absolute atomic E-state index is 0.223. The number of hydrogen-bond donors (Lipinski definition) is 0.